The van der Waals surface area contributed by atoms with Gasteiger partial charge in [-0.25, -0.2) is 0 Å². The smallest absolute Gasteiger partial charge is 0.229 e. The third-order valence-electron chi connectivity index (χ3n) is 15.1. The Kier molecular flexibility index (Phi) is 10.4. The molecule has 3 saturated carbocycles. The van der Waals surface area contributed by atoms with Crippen LogP contribution in [-0.2, 0) is 17.9 Å². The number of benzene rings is 3. The number of anilines is 4. The van der Waals surface area contributed by atoms with Crippen molar-refractivity contribution < 1.29 is 4.79 Å². The van der Waals surface area contributed by atoms with Crippen LogP contribution in [0.5, 0.6) is 0 Å². The van der Waals surface area contributed by atoms with E-state index in [1.807, 2.05) is 18.2 Å². The van der Waals surface area contributed by atoms with E-state index in [0.717, 1.165) is 49.4 Å². The number of hydrogen-bond donors (Lipinski definition) is 4. The topological polar surface area (TPSA) is 104 Å². The molecule has 0 saturated heterocycles. The predicted molar refractivity (Wildman–Crippen MR) is 229 cm³/mol. The summed E-state index contributed by atoms with van der Waals surface area (Å²) >= 11 is 0. The second-order valence-electron chi connectivity index (χ2n) is 17.8. The highest BCUT2D eigenvalue weighted by Crippen LogP contribution is 2.92. The van der Waals surface area contributed by atoms with E-state index in [1.54, 1.807) is 11.1 Å². The molecule has 56 heavy (non-hydrogen) atoms. The maximum atomic E-state index is 13.5. The number of aryl methyl sites for hydroxylation is 1. The summed E-state index contributed by atoms with van der Waals surface area (Å²) in [6, 6.07) is 25.4. The Morgan fingerprint density at radius 2 is 1.46 bits per heavy atom. The third-order valence-corrected chi connectivity index (χ3v) is 15.1. The number of rotatable bonds is 13. The van der Waals surface area contributed by atoms with E-state index in [2.05, 4.69) is 117 Å². The van der Waals surface area contributed by atoms with Crippen LogP contribution in [0.25, 0.3) is 5.57 Å². The summed E-state index contributed by atoms with van der Waals surface area (Å²) in [5.74, 6) is 3.03. The molecule has 1 aromatic heterocycles. The van der Waals surface area contributed by atoms with Crippen molar-refractivity contribution in [2.45, 2.75) is 112 Å². The van der Waals surface area contributed by atoms with E-state index in [-0.39, 0.29) is 11.8 Å². The summed E-state index contributed by atoms with van der Waals surface area (Å²) in [6.45, 7) is 16.2. The quantitative estimate of drug-likeness (QED) is 0.108. The zero-order valence-electron chi connectivity index (χ0n) is 34.4. The molecular formula is C48H61N7O. The highest BCUT2D eigenvalue weighted by molar-refractivity contribution is 5.93. The van der Waals surface area contributed by atoms with Crippen molar-refractivity contribution in [3.63, 3.8) is 0 Å². The number of amides is 1. The number of fused-ring (bicyclic) bond motifs is 1. The molecule has 4 N–H and O–H groups in total. The molecule has 4 aliphatic rings. The molecule has 3 aromatic carbocycles. The summed E-state index contributed by atoms with van der Waals surface area (Å²) in [7, 11) is 0. The van der Waals surface area contributed by atoms with Crippen LogP contribution in [0.1, 0.15) is 113 Å². The summed E-state index contributed by atoms with van der Waals surface area (Å²) < 4.78 is 0. The van der Waals surface area contributed by atoms with Gasteiger partial charge in [0.15, 0.2) is 0 Å². The zero-order valence-corrected chi connectivity index (χ0v) is 34.4. The van der Waals surface area contributed by atoms with Crippen molar-refractivity contribution in [2.75, 3.05) is 27.8 Å². The molecule has 4 unspecified atom stereocenters. The van der Waals surface area contributed by atoms with Crippen LogP contribution in [0.4, 0.5) is 23.5 Å². The lowest BCUT2D eigenvalue weighted by atomic mass is 9.71. The number of allylic oxidation sites excluding steroid dienone is 2. The van der Waals surface area contributed by atoms with Crippen molar-refractivity contribution in [1.82, 2.24) is 15.0 Å². The van der Waals surface area contributed by atoms with Gasteiger partial charge in [0.05, 0.1) is 0 Å². The monoisotopic (exact) mass is 751 g/mol. The SMILES string of the molecule is CCC12CC(c3ccc(NC(=O)C4CCC(CNc5nc(NCc6ccccc6)nc(NCc6cccc(C)c6C)n5)CC4)cc3)=C(C)C13CC(C)CCC23C. The van der Waals surface area contributed by atoms with Crippen LogP contribution in [0.15, 0.2) is 78.4 Å². The number of hydrogen-bond acceptors (Lipinski definition) is 7. The molecule has 8 heteroatoms. The van der Waals surface area contributed by atoms with Crippen LogP contribution in [0, 0.1) is 47.8 Å². The minimum atomic E-state index is 0.0270. The van der Waals surface area contributed by atoms with Crippen LogP contribution in [0.3, 0.4) is 0 Å². The number of carbonyl (C=O) groups is 1. The van der Waals surface area contributed by atoms with Gasteiger partial charge in [-0.1, -0.05) is 93.4 Å². The second-order valence-corrected chi connectivity index (χ2v) is 17.8. The molecule has 0 radical (unpaired) electrons. The first kappa shape index (κ1) is 38.2. The number of carbonyl (C=O) groups excluding carboxylic acids is 1. The lowest BCUT2D eigenvalue weighted by Crippen LogP contribution is -2.29. The van der Waals surface area contributed by atoms with E-state index < -0.39 is 0 Å². The van der Waals surface area contributed by atoms with Crippen LogP contribution in [-0.4, -0.2) is 27.4 Å². The van der Waals surface area contributed by atoms with Gasteiger partial charge in [0.25, 0.3) is 0 Å². The molecule has 294 valence electrons. The summed E-state index contributed by atoms with van der Waals surface area (Å²) in [5.41, 5.74) is 11.6. The molecule has 4 aromatic rings. The molecule has 8 rings (SSSR count). The fourth-order valence-corrected chi connectivity index (χ4v) is 11.6. The molecule has 1 amide bonds. The van der Waals surface area contributed by atoms with Gasteiger partial charge in [-0.2, -0.15) is 15.0 Å². The largest absolute Gasteiger partial charge is 0.354 e. The zero-order chi connectivity index (χ0) is 39.1. The lowest BCUT2D eigenvalue weighted by molar-refractivity contribution is -0.121. The Balaban J connectivity index is 0.853. The van der Waals surface area contributed by atoms with Crippen LogP contribution >= 0.6 is 0 Å². The van der Waals surface area contributed by atoms with E-state index in [1.165, 1.54) is 54.4 Å². The van der Waals surface area contributed by atoms with Gasteiger partial charge in [-0.05, 0) is 140 Å². The van der Waals surface area contributed by atoms with Crippen molar-refractivity contribution in [1.29, 1.82) is 0 Å². The van der Waals surface area contributed by atoms with E-state index in [0.29, 0.717) is 53.1 Å². The number of nitrogens with zero attached hydrogens (tertiary/aromatic N) is 3. The minimum Gasteiger partial charge on any atom is -0.354 e. The highest BCUT2D eigenvalue weighted by Gasteiger charge is 2.85. The van der Waals surface area contributed by atoms with Gasteiger partial charge < -0.3 is 21.3 Å². The Labute approximate surface area is 334 Å². The standard InChI is InChI=1S/C48H61N7O/c1-7-47-27-41(34(5)48(47)26-31(2)24-25-46(47,48)6)37-20-22-40(23-21-37)52-42(56)38-18-16-36(17-19-38)29-50-44-53-43(49-28-35-13-9-8-10-14-35)54-45(55-44)51-30-39-15-11-12-32(3)33(39)4/h8-15,20-23,31,36,38H,7,16-19,24-30H2,1-6H3,(H,52,56)(H3,49,50,51,53,54,55). The lowest BCUT2D eigenvalue weighted by Gasteiger charge is -2.33. The van der Waals surface area contributed by atoms with E-state index in [4.69, 9.17) is 15.0 Å². The minimum absolute atomic E-state index is 0.0270. The van der Waals surface area contributed by atoms with Crippen LogP contribution < -0.4 is 21.3 Å². The van der Waals surface area contributed by atoms with Crippen molar-refractivity contribution in [2.24, 2.45) is 34.0 Å². The van der Waals surface area contributed by atoms with Gasteiger partial charge in [0.1, 0.15) is 0 Å². The normalized spacial score (nSPS) is 27.9. The molecule has 1 heterocycles. The first-order chi connectivity index (χ1) is 27.1. The fourth-order valence-electron chi connectivity index (χ4n) is 11.6. The molecule has 3 fully saturated rings. The Hall–Kier alpha value is -4.72. The predicted octanol–water partition coefficient (Wildman–Crippen LogP) is 11.0. The second kappa shape index (κ2) is 15.3. The summed E-state index contributed by atoms with van der Waals surface area (Å²) in [4.78, 5) is 27.6. The first-order valence-corrected chi connectivity index (χ1v) is 21.2. The maximum absolute atomic E-state index is 13.5. The van der Waals surface area contributed by atoms with Gasteiger partial charge >= 0.3 is 0 Å². The van der Waals surface area contributed by atoms with E-state index in [9.17, 15) is 4.79 Å². The summed E-state index contributed by atoms with van der Waals surface area (Å²) in [6.07, 6.45) is 10.3. The van der Waals surface area contributed by atoms with Crippen molar-refractivity contribution in [3.05, 3.63) is 106 Å². The Bertz CT molecular complexity index is 2090. The third kappa shape index (κ3) is 6.77. The van der Waals surface area contributed by atoms with Crippen molar-refractivity contribution in [3.8, 4) is 0 Å². The molecule has 0 bridgehead atoms. The molecule has 0 aliphatic heterocycles. The van der Waals surface area contributed by atoms with Gasteiger partial charge in [0.2, 0.25) is 23.8 Å². The molecule has 8 nitrogen and oxygen atoms in total. The fraction of sp³-hybridized carbons (Fsp3) is 0.500. The Morgan fingerprint density at radius 3 is 2.16 bits per heavy atom. The average molecular weight is 752 g/mol. The molecule has 4 aliphatic carbocycles. The number of aromatic nitrogens is 3. The average Bonchev–Trinajstić information content (AvgIpc) is 3.56. The number of nitrogens with one attached hydrogen (secondary N) is 4. The molecule has 4 atom stereocenters. The van der Waals surface area contributed by atoms with E-state index >= 15 is 0 Å². The van der Waals surface area contributed by atoms with Crippen LogP contribution in [0.2, 0.25) is 0 Å². The first-order valence-electron chi connectivity index (χ1n) is 21.2. The molecule has 1 spiro atoms. The summed E-state index contributed by atoms with van der Waals surface area (Å²) in [5, 5.41) is 13.6. The highest BCUT2D eigenvalue weighted by atomic mass is 16.1. The van der Waals surface area contributed by atoms with Gasteiger partial charge in [-0.3, -0.25) is 4.79 Å². The maximum Gasteiger partial charge on any atom is 0.229 e. The van der Waals surface area contributed by atoms with Gasteiger partial charge in [-0.15, -0.1) is 0 Å². The molecular weight excluding hydrogens is 691 g/mol. The van der Waals surface area contributed by atoms with Crippen molar-refractivity contribution >= 4 is 35.0 Å². The Morgan fingerprint density at radius 1 is 0.786 bits per heavy atom. The van der Waals surface area contributed by atoms with Gasteiger partial charge in [0, 0.05) is 36.7 Å².